The fraction of sp³-hybridized carbons (Fsp3) is 0.500. The molecule has 1 aromatic rings. The van der Waals surface area contributed by atoms with Crippen LogP contribution in [0, 0.1) is 17.8 Å². The zero-order chi connectivity index (χ0) is 15.4. The molecule has 0 aromatic heterocycles. The van der Waals surface area contributed by atoms with Crippen LogP contribution in [0.5, 0.6) is 11.5 Å². The Bertz CT molecular complexity index is 621. The summed E-state index contributed by atoms with van der Waals surface area (Å²) in [4.78, 5) is 11.7. The maximum Gasteiger partial charge on any atom is 0.203 e. The van der Waals surface area contributed by atoms with E-state index in [1.54, 1.807) is 19.2 Å². The predicted molar refractivity (Wildman–Crippen MR) is 84.5 cm³/mol. The Morgan fingerprint density at radius 2 is 2.18 bits per heavy atom. The highest BCUT2D eigenvalue weighted by atomic mass is 16.5. The second kappa shape index (κ2) is 6.85. The zero-order valence-electron chi connectivity index (χ0n) is 12.9. The number of benzene rings is 1. The fourth-order valence-electron chi connectivity index (χ4n) is 3.04. The summed E-state index contributed by atoms with van der Waals surface area (Å²) >= 11 is 0. The molecule has 0 radical (unpaired) electrons. The summed E-state index contributed by atoms with van der Waals surface area (Å²) in [7, 11) is 1.61. The van der Waals surface area contributed by atoms with E-state index in [-0.39, 0.29) is 12.4 Å². The van der Waals surface area contributed by atoms with Gasteiger partial charge in [0, 0.05) is 6.42 Å². The third kappa shape index (κ3) is 3.10. The minimum Gasteiger partial charge on any atom is -0.495 e. The van der Waals surface area contributed by atoms with Crippen LogP contribution < -0.4 is 14.8 Å². The fourth-order valence-corrected chi connectivity index (χ4v) is 3.04. The standard InChI is InChI=1S/C18H21NO3/c1-21-17-7-6-14-16(20)12-22-18(14)15(17)5-3-2-4-13-8-10-19-11-9-13/h6-7,13,19H,2,4,8-12H2,1H3. The van der Waals surface area contributed by atoms with Crippen molar-refractivity contribution in [3.63, 3.8) is 0 Å². The second-order valence-electron chi connectivity index (χ2n) is 5.77. The average molecular weight is 299 g/mol. The summed E-state index contributed by atoms with van der Waals surface area (Å²) < 4.78 is 10.8. The first-order valence-corrected chi connectivity index (χ1v) is 7.86. The largest absolute Gasteiger partial charge is 0.495 e. The number of ketones is 1. The number of hydrogen-bond acceptors (Lipinski definition) is 4. The molecule has 1 N–H and O–H groups in total. The number of hydrogen-bond donors (Lipinski definition) is 1. The number of nitrogens with one attached hydrogen (secondary N) is 1. The van der Waals surface area contributed by atoms with Crippen LogP contribution >= 0.6 is 0 Å². The average Bonchev–Trinajstić information content (AvgIpc) is 2.94. The van der Waals surface area contributed by atoms with Gasteiger partial charge in [0.1, 0.15) is 17.1 Å². The molecule has 22 heavy (non-hydrogen) atoms. The van der Waals surface area contributed by atoms with Crippen molar-refractivity contribution in [1.29, 1.82) is 0 Å². The molecule has 3 rings (SSSR count). The maximum atomic E-state index is 11.7. The van der Waals surface area contributed by atoms with E-state index in [0.29, 0.717) is 22.6 Å². The van der Waals surface area contributed by atoms with Crippen molar-refractivity contribution in [2.75, 3.05) is 26.8 Å². The van der Waals surface area contributed by atoms with Crippen molar-refractivity contribution in [2.45, 2.75) is 25.7 Å². The minimum absolute atomic E-state index is 0.00964. The van der Waals surface area contributed by atoms with Gasteiger partial charge >= 0.3 is 0 Å². The number of carbonyl (C=O) groups excluding carboxylic acids is 1. The van der Waals surface area contributed by atoms with Crippen LogP contribution in [0.15, 0.2) is 12.1 Å². The van der Waals surface area contributed by atoms with E-state index in [4.69, 9.17) is 9.47 Å². The van der Waals surface area contributed by atoms with Gasteiger partial charge in [0.25, 0.3) is 0 Å². The number of Topliss-reactive ketones (excluding diaryl/α,β-unsaturated/α-hetero) is 1. The minimum atomic E-state index is 0.00964. The van der Waals surface area contributed by atoms with E-state index >= 15 is 0 Å². The molecule has 116 valence electrons. The van der Waals surface area contributed by atoms with Crippen molar-refractivity contribution in [3.05, 3.63) is 23.3 Å². The first-order chi connectivity index (χ1) is 10.8. The Hall–Kier alpha value is -1.99. The molecule has 0 unspecified atom stereocenters. The lowest BCUT2D eigenvalue weighted by Gasteiger charge is -2.21. The van der Waals surface area contributed by atoms with E-state index in [1.807, 2.05) is 0 Å². The lowest BCUT2D eigenvalue weighted by molar-refractivity contribution is 0.0961. The quantitative estimate of drug-likeness (QED) is 0.871. The number of rotatable bonds is 3. The smallest absolute Gasteiger partial charge is 0.203 e. The molecule has 1 fully saturated rings. The number of ether oxygens (including phenoxy) is 2. The van der Waals surface area contributed by atoms with Gasteiger partial charge in [0.2, 0.25) is 5.78 Å². The van der Waals surface area contributed by atoms with Crippen LogP contribution in [0.3, 0.4) is 0 Å². The Labute approximate surface area is 131 Å². The highest BCUT2D eigenvalue weighted by Crippen LogP contribution is 2.35. The molecule has 2 heterocycles. The van der Waals surface area contributed by atoms with Gasteiger partial charge in [-0.3, -0.25) is 4.79 Å². The van der Waals surface area contributed by atoms with Crippen molar-refractivity contribution in [3.8, 4) is 23.3 Å². The molecule has 2 aliphatic heterocycles. The normalized spacial score (nSPS) is 17.4. The van der Waals surface area contributed by atoms with E-state index in [1.165, 1.54) is 12.8 Å². The van der Waals surface area contributed by atoms with Gasteiger partial charge < -0.3 is 14.8 Å². The topological polar surface area (TPSA) is 47.6 Å². The monoisotopic (exact) mass is 299 g/mol. The van der Waals surface area contributed by atoms with E-state index in [2.05, 4.69) is 17.2 Å². The van der Waals surface area contributed by atoms with Gasteiger partial charge in [-0.25, -0.2) is 0 Å². The highest BCUT2D eigenvalue weighted by Gasteiger charge is 2.25. The summed E-state index contributed by atoms with van der Waals surface area (Å²) in [5.74, 6) is 8.42. The van der Waals surface area contributed by atoms with Crippen LogP contribution in [0.1, 0.15) is 41.6 Å². The van der Waals surface area contributed by atoms with E-state index in [0.717, 1.165) is 31.8 Å². The number of carbonyl (C=O) groups is 1. The molecule has 0 atom stereocenters. The lowest BCUT2D eigenvalue weighted by Crippen LogP contribution is -2.27. The molecule has 2 aliphatic rings. The molecule has 0 amide bonds. The Balaban J connectivity index is 1.72. The molecule has 0 bridgehead atoms. The Kier molecular flexibility index (Phi) is 4.65. The van der Waals surface area contributed by atoms with Crippen LogP contribution in [-0.2, 0) is 0 Å². The molecular formula is C18H21NO3. The highest BCUT2D eigenvalue weighted by molar-refractivity contribution is 6.03. The van der Waals surface area contributed by atoms with E-state index in [9.17, 15) is 4.79 Å². The second-order valence-corrected chi connectivity index (χ2v) is 5.77. The molecule has 4 nitrogen and oxygen atoms in total. The van der Waals surface area contributed by atoms with Gasteiger partial charge in [0.05, 0.1) is 12.7 Å². The van der Waals surface area contributed by atoms with Crippen LogP contribution in [0.2, 0.25) is 0 Å². The summed E-state index contributed by atoms with van der Waals surface area (Å²) in [5, 5.41) is 3.38. The number of fused-ring (bicyclic) bond motifs is 1. The Morgan fingerprint density at radius 3 is 2.95 bits per heavy atom. The van der Waals surface area contributed by atoms with Crippen molar-refractivity contribution >= 4 is 5.78 Å². The summed E-state index contributed by atoms with van der Waals surface area (Å²) in [5.41, 5.74) is 1.32. The van der Waals surface area contributed by atoms with Crippen LogP contribution in [0.25, 0.3) is 0 Å². The number of methoxy groups -OCH3 is 1. The predicted octanol–water partition coefficient (Wildman–Crippen LogP) is 2.40. The van der Waals surface area contributed by atoms with Gasteiger partial charge in [-0.15, -0.1) is 0 Å². The number of piperidine rings is 1. The zero-order valence-corrected chi connectivity index (χ0v) is 12.9. The summed E-state index contributed by atoms with van der Waals surface area (Å²) in [6.07, 6.45) is 4.48. The molecular weight excluding hydrogens is 278 g/mol. The third-order valence-corrected chi connectivity index (χ3v) is 4.34. The first kappa shape index (κ1) is 14.9. The molecule has 0 saturated carbocycles. The Morgan fingerprint density at radius 1 is 1.36 bits per heavy atom. The SMILES string of the molecule is COc1ccc2c(c1C#CCCC1CCNCC1)OCC2=O. The molecule has 0 aliphatic carbocycles. The molecule has 1 aromatic carbocycles. The van der Waals surface area contributed by atoms with Gasteiger partial charge in [-0.05, 0) is 50.4 Å². The summed E-state index contributed by atoms with van der Waals surface area (Å²) in [6.45, 7) is 2.34. The first-order valence-electron chi connectivity index (χ1n) is 7.86. The maximum absolute atomic E-state index is 11.7. The van der Waals surface area contributed by atoms with Gasteiger partial charge in [-0.1, -0.05) is 11.8 Å². The van der Waals surface area contributed by atoms with Crippen LogP contribution in [0.4, 0.5) is 0 Å². The molecule has 4 heteroatoms. The van der Waals surface area contributed by atoms with Gasteiger partial charge in [-0.2, -0.15) is 0 Å². The van der Waals surface area contributed by atoms with Gasteiger partial charge in [0.15, 0.2) is 6.61 Å². The van der Waals surface area contributed by atoms with Crippen molar-refractivity contribution in [2.24, 2.45) is 5.92 Å². The third-order valence-electron chi connectivity index (χ3n) is 4.34. The summed E-state index contributed by atoms with van der Waals surface area (Å²) in [6, 6.07) is 3.55. The lowest BCUT2D eigenvalue weighted by atomic mass is 9.93. The van der Waals surface area contributed by atoms with Crippen LogP contribution in [-0.4, -0.2) is 32.6 Å². The molecule has 1 saturated heterocycles. The van der Waals surface area contributed by atoms with Crippen molar-refractivity contribution < 1.29 is 14.3 Å². The molecule has 0 spiro atoms. The van der Waals surface area contributed by atoms with E-state index < -0.39 is 0 Å². The van der Waals surface area contributed by atoms with Crippen molar-refractivity contribution in [1.82, 2.24) is 5.32 Å².